The fraction of sp³-hybridized carbons (Fsp3) is 0.333. The van der Waals surface area contributed by atoms with Gasteiger partial charge in [-0.3, -0.25) is 0 Å². The van der Waals surface area contributed by atoms with E-state index in [0.29, 0.717) is 10.6 Å². The van der Waals surface area contributed by atoms with Crippen molar-refractivity contribution in [3.8, 4) is 0 Å². The van der Waals surface area contributed by atoms with Crippen LogP contribution in [0.1, 0.15) is 0 Å². The molecule has 0 aliphatic rings. The zero-order valence-corrected chi connectivity index (χ0v) is 10.1. The van der Waals surface area contributed by atoms with E-state index in [1.165, 1.54) is 17.8 Å². The molecule has 0 radical (unpaired) electrons. The zero-order valence-electron chi connectivity index (χ0n) is 8.37. The number of thioether (sulfide) groups is 1. The summed E-state index contributed by atoms with van der Waals surface area (Å²) in [6.07, 6.45) is 1.74. The Balaban J connectivity index is 3.44. The van der Waals surface area contributed by atoms with E-state index < -0.39 is 13.0 Å². The number of benzene rings is 1. The van der Waals surface area contributed by atoms with Crippen LogP contribution in [0.25, 0.3) is 0 Å². The van der Waals surface area contributed by atoms with Gasteiger partial charge < -0.3 is 10.3 Å². The molecule has 0 atom stereocenters. The van der Waals surface area contributed by atoms with Crippen molar-refractivity contribution in [2.24, 2.45) is 0 Å². The number of nitrogens with two attached hydrogens (primary N) is 1. The fourth-order valence-electron chi connectivity index (χ4n) is 1.18. The lowest BCUT2D eigenvalue weighted by molar-refractivity contribution is 0.582. The smallest absolute Gasteiger partial charge is 0.149 e. The minimum absolute atomic E-state index is 0.274. The number of hydrogen-bond donors (Lipinski definition) is 1. The molecule has 0 spiro atoms. The van der Waals surface area contributed by atoms with E-state index in [1.807, 2.05) is 0 Å². The van der Waals surface area contributed by atoms with Gasteiger partial charge in [-0.05, 0) is 31.7 Å². The molecule has 5 heteroatoms. The summed E-state index contributed by atoms with van der Waals surface area (Å²) in [5.41, 5.74) is 5.99. The van der Waals surface area contributed by atoms with Gasteiger partial charge in [0.25, 0.3) is 0 Å². The highest BCUT2D eigenvalue weighted by molar-refractivity contribution is 7.98. The van der Waals surface area contributed by atoms with Gasteiger partial charge in [0.05, 0.1) is 4.90 Å². The van der Waals surface area contributed by atoms with Gasteiger partial charge in [0.1, 0.15) is 13.0 Å². The molecule has 0 bridgehead atoms. The monoisotopic (exact) mass is 233 g/mol. The molecule has 0 heterocycles. The highest BCUT2D eigenvalue weighted by atomic mass is 32.2. The first-order valence-electron chi connectivity index (χ1n) is 4.05. The zero-order chi connectivity index (χ0) is 10.9. The van der Waals surface area contributed by atoms with Gasteiger partial charge in [-0.15, -0.1) is 11.8 Å². The Labute approximate surface area is 87.4 Å². The Morgan fingerprint density at radius 3 is 2.43 bits per heavy atom. The second-order valence-electron chi connectivity index (χ2n) is 3.37. The lowest BCUT2D eigenvalue weighted by atomic mass is 10.3. The van der Waals surface area contributed by atoms with Gasteiger partial charge in [0.2, 0.25) is 0 Å². The average molecular weight is 233 g/mol. The standard InChI is InChI=1S/C9H13FNOPS/c1-13(2,12)7-5-4-6(11)9(14-3)8(7)10/h4-5H,11H2,1-3H3. The first-order valence-corrected chi connectivity index (χ1v) is 7.88. The van der Waals surface area contributed by atoms with E-state index in [0.717, 1.165) is 0 Å². The average Bonchev–Trinajstić information content (AvgIpc) is 2.02. The van der Waals surface area contributed by atoms with E-state index >= 15 is 0 Å². The van der Waals surface area contributed by atoms with Crippen LogP contribution >= 0.6 is 18.9 Å². The number of anilines is 1. The van der Waals surface area contributed by atoms with Crippen molar-refractivity contribution in [1.82, 2.24) is 0 Å². The Hall–Kier alpha value is -0.470. The van der Waals surface area contributed by atoms with E-state index in [2.05, 4.69) is 0 Å². The Morgan fingerprint density at radius 1 is 1.43 bits per heavy atom. The summed E-state index contributed by atoms with van der Waals surface area (Å²) < 4.78 is 25.5. The molecule has 0 unspecified atom stereocenters. The van der Waals surface area contributed by atoms with Crippen molar-refractivity contribution in [2.75, 3.05) is 25.3 Å². The minimum Gasteiger partial charge on any atom is -0.398 e. The topological polar surface area (TPSA) is 43.1 Å². The van der Waals surface area contributed by atoms with Crippen LogP contribution in [-0.4, -0.2) is 19.6 Å². The summed E-state index contributed by atoms with van der Waals surface area (Å²) in [7, 11) is -2.56. The van der Waals surface area contributed by atoms with Gasteiger partial charge in [-0.25, -0.2) is 4.39 Å². The molecule has 78 valence electrons. The van der Waals surface area contributed by atoms with Crippen LogP contribution < -0.4 is 11.0 Å². The van der Waals surface area contributed by atoms with E-state index in [1.54, 1.807) is 25.7 Å². The molecular formula is C9H13FNOPS. The molecule has 0 aromatic heterocycles. The number of hydrogen-bond acceptors (Lipinski definition) is 3. The highest BCUT2D eigenvalue weighted by Crippen LogP contribution is 2.38. The Bertz CT molecular complexity index is 402. The molecule has 2 N–H and O–H groups in total. The third-order valence-corrected chi connectivity index (χ3v) is 4.22. The second kappa shape index (κ2) is 3.95. The number of halogens is 1. The number of nitrogen functional groups attached to an aromatic ring is 1. The molecule has 1 aromatic carbocycles. The molecular weight excluding hydrogens is 220 g/mol. The quantitative estimate of drug-likeness (QED) is 0.484. The Morgan fingerprint density at radius 2 is 2.00 bits per heavy atom. The molecule has 1 aromatic rings. The molecule has 0 amide bonds. The second-order valence-corrected chi connectivity index (χ2v) is 7.37. The minimum atomic E-state index is -2.56. The van der Waals surface area contributed by atoms with Gasteiger partial charge in [-0.2, -0.15) is 0 Å². The maximum atomic E-state index is 13.8. The van der Waals surface area contributed by atoms with Gasteiger partial charge in [0, 0.05) is 11.0 Å². The van der Waals surface area contributed by atoms with Gasteiger partial charge in [0.15, 0.2) is 0 Å². The predicted octanol–water partition coefficient (Wildman–Crippen LogP) is 2.38. The molecule has 2 nitrogen and oxygen atoms in total. The molecule has 14 heavy (non-hydrogen) atoms. The molecule has 0 aliphatic carbocycles. The summed E-state index contributed by atoms with van der Waals surface area (Å²) in [6.45, 7) is 3.09. The molecule has 0 saturated heterocycles. The number of rotatable bonds is 2. The third kappa shape index (κ3) is 2.12. The summed E-state index contributed by atoms with van der Waals surface area (Å²) in [5.74, 6) is -0.439. The van der Waals surface area contributed by atoms with Crippen molar-refractivity contribution < 1.29 is 8.96 Å². The van der Waals surface area contributed by atoms with Crippen molar-refractivity contribution >= 4 is 29.9 Å². The lowest BCUT2D eigenvalue weighted by Crippen LogP contribution is -2.11. The summed E-state index contributed by atoms with van der Waals surface area (Å²) in [6, 6.07) is 3.11. The van der Waals surface area contributed by atoms with E-state index in [9.17, 15) is 8.96 Å². The maximum absolute atomic E-state index is 13.8. The maximum Gasteiger partial charge on any atom is 0.149 e. The molecule has 0 saturated carbocycles. The van der Waals surface area contributed by atoms with Crippen LogP contribution in [0.2, 0.25) is 0 Å². The largest absolute Gasteiger partial charge is 0.398 e. The summed E-state index contributed by atoms with van der Waals surface area (Å²) >= 11 is 1.23. The highest BCUT2D eigenvalue weighted by Gasteiger charge is 2.20. The van der Waals surface area contributed by atoms with Crippen LogP contribution in [0.15, 0.2) is 17.0 Å². The van der Waals surface area contributed by atoms with Crippen molar-refractivity contribution in [1.29, 1.82) is 0 Å². The molecule has 0 aliphatic heterocycles. The van der Waals surface area contributed by atoms with Crippen LogP contribution in [0.4, 0.5) is 10.1 Å². The Kier molecular flexibility index (Phi) is 3.28. The van der Waals surface area contributed by atoms with Crippen LogP contribution in [0.5, 0.6) is 0 Å². The molecule has 1 rings (SSSR count). The van der Waals surface area contributed by atoms with Crippen LogP contribution in [-0.2, 0) is 4.57 Å². The van der Waals surface area contributed by atoms with Gasteiger partial charge >= 0.3 is 0 Å². The van der Waals surface area contributed by atoms with Crippen molar-refractivity contribution in [3.05, 3.63) is 17.9 Å². The first-order chi connectivity index (χ1) is 6.38. The van der Waals surface area contributed by atoms with Crippen LogP contribution in [0.3, 0.4) is 0 Å². The van der Waals surface area contributed by atoms with E-state index in [4.69, 9.17) is 5.73 Å². The van der Waals surface area contributed by atoms with Crippen molar-refractivity contribution in [2.45, 2.75) is 4.90 Å². The normalized spacial score (nSPS) is 11.7. The fourth-order valence-corrected chi connectivity index (χ4v) is 2.87. The predicted molar refractivity (Wildman–Crippen MR) is 61.7 cm³/mol. The van der Waals surface area contributed by atoms with Crippen LogP contribution in [0, 0.1) is 5.82 Å². The summed E-state index contributed by atoms with van der Waals surface area (Å²) in [4.78, 5) is 0.381. The van der Waals surface area contributed by atoms with E-state index in [-0.39, 0.29) is 5.30 Å². The summed E-state index contributed by atoms with van der Waals surface area (Å²) in [5, 5.41) is 0.274. The lowest BCUT2D eigenvalue weighted by Gasteiger charge is -2.12. The molecule has 0 fully saturated rings. The first kappa shape index (κ1) is 11.6. The van der Waals surface area contributed by atoms with Gasteiger partial charge in [-0.1, -0.05) is 0 Å². The SMILES string of the molecule is CSc1c(N)ccc(P(C)(C)=O)c1F. The van der Waals surface area contributed by atoms with Crippen molar-refractivity contribution in [3.63, 3.8) is 0 Å². The third-order valence-electron chi connectivity index (χ3n) is 1.89.